The third kappa shape index (κ3) is 4.50. The van der Waals surface area contributed by atoms with Gasteiger partial charge in [-0.05, 0) is 12.5 Å². The number of rotatable bonds is 6. The van der Waals surface area contributed by atoms with Gasteiger partial charge in [0.1, 0.15) is 0 Å². The van der Waals surface area contributed by atoms with Crippen LogP contribution in [0.5, 0.6) is 11.5 Å². The van der Waals surface area contributed by atoms with Crippen LogP contribution in [0.1, 0.15) is 21.5 Å². The lowest BCUT2D eigenvalue weighted by Gasteiger charge is -2.14. The predicted octanol–water partition coefficient (Wildman–Crippen LogP) is 2.98. The molecule has 0 spiro atoms. The van der Waals surface area contributed by atoms with Crippen LogP contribution in [0.3, 0.4) is 0 Å². The molecule has 0 atom stereocenters. The number of amides is 1. The molecule has 2 rings (SSSR count). The van der Waals surface area contributed by atoms with E-state index in [-0.39, 0.29) is 17.9 Å². The molecule has 0 fully saturated rings. The maximum Gasteiger partial charge on any atom is 0.340 e. The number of hydrogen-bond donors (Lipinski definition) is 1. The fourth-order valence-corrected chi connectivity index (χ4v) is 2.35. The molecule has 0 radical (unpaired) electrons. The summed E-state index contributed by atoms with van der Waals surface area (Å²) in [6.07, 6.45) is 0.190. The third-order valence-corrected chi connectivity index (χ3v) is 3.69. The van der Waals surface area contributed by atoms with Crippen molar-refractivity contribution in [3.05, 3.63) is 53.1 Å². The van der Waals surface area contributed by atoms with Crippen LogP contribution in [0.4, 0.5) is 5.69 Å². The van der Waals surface area contributed by atoms with Crippen LogP contribution in [0.2, 0.25) is 0 Å². The lowest BCUT2D eigenvalue weighted by molar-refractivity contribution is -0.115. The van der Waals surface area contributed by atoms with Crippen molar-refractivity contribution in [2.24, 2.45) is 0 Å². The topological polar surface area (TPSA) is 73.9 Å². The van der Waals surface area contributed by atoms with Crippen LogP contribution in [-0.4, -0.2) is 33.2 Å². The number of esters is 1. The zero-order valence-corrected chi connectivity index (χ0v) is 14.7. The second-order valence-electron chi connectivity index (χ2n) is 5.45. The first kappa shape index (κ1) is 18.3. The van der Waals surface area contributed by atoms with E-state index in [1.54, 1.807) is 0 Å². The molecule has 1 N–H and O–H groups in total. The van der Waals surface area contributed by atoms with Crippen molar-refractivity contribution >= 4 is 17.6 Å². The van der Waals surface area contributed by atoms with E-state index in [4.69, 9.17) is 14.2 Å². The first-order chi connectivity index (χ1) is 12.0. The predicted molar refractivity (Wildman–Crippen MR) is 94.4 cm³/mol. The molecule has 0 aliphatic rings. The monoisotopic (exact) mass is 343 g/mol. The number of aryl methyl sites for hydroxylation is 1. The lowest BCUT2D eigenvalue weighted by atomic mass is 10.1. The summed E-state index contributed by atoms with van der Waals surface area (Å²) in [5, 5.41) is 2.74. The van der Waals surface area contributed by atoms with Gasteiger partial charge in [-0.25, -0.2) is 4.79 Å². The first-order valence-electron chi connectivity index (χ1n) is 7.68. The molecular weight excluding hydrogens is 322 g/mol. The van der Waals surface area contributed by atoms with Crippen LogP contribution >= 0.6 is 0 Å². The number of hydrogen-bond acceptors (Lipinski definition) is 5. The zero-order chi connectivity index (χ0) is 18.4. The molecule has 0 unspecified atom stereocenters. The van der Waals surface area contributed by atoms with Crippen molar-refractivity contribution in [3.63, 3.8) is 0 Å². The molecular formula is C19H21NO5. The Bertz CT molecular complexity index is 768. The maximum absolute atomic E-state index is 12.3. The first-order valence-corrected chi connectivity index (χ1v) is 7.68. The fourth-order valence-electron chi connectivity index (χ4n) is 2.35. The Labute approximate surface area is 146 Å². The van der Waals surface area contributed by atoms with Gasteiger partial charge in [0.2, 0.25) is 5.91 Å². The van der Waals surface area contributed by atoms with E-state index in [9.17, 15) is 9.59 Å². The van der Waals surface area contributed by atoms with Gasteiger partial charge in [-0.15, -0.1) is 0 Å². The number of carbonyl (C=O) groups excluding carboxylic acids is 2. The molecule has 132 valence electrons. The normalized spacial score (nSPS) is 10.1. The molecule has 6 heteroatoms. The highest BCUT2D eigenvalue weighted by atomic mass is 16.5. The molecule has 0 bridgehead atoms. The summed E-state index contributed by atoms with van der Waals surface area (Å²) < 4.78 is 15.2. The van der Waals surface area contributed by atoms with E-state index in [1.165, 1.54) is 33.5 Å². The van der Waals surface area contributed by atoms with Crippen LogP contribution in [0.25, 0.3) is 0 Å². The summed E-state index contributed by atoms with van der Waals surface area (Å²) in [4.78, 5) is 24.4. The molecule has 0 saturated carbocycles. The molecule has 1 amide bonds. The highest BCUT2D eigenvalue weighted by Gasteiger charge is 2.19. The van der Waals surface area contributed by atoms with E-state index in [0.29, 0.717) is 17.2 Å². The van der Waals surface area contributed by atoms with Gasteiger partial charge < -0.3 is 19.5 Å². The summed E-state index contributed by atoms with van der Waals surface area (Å²) in [5.74, 6) is -0.0481. The quantitative estimate of drug-likeness (QED) is 0.816. The number of benzene rings is 2. The Morgan fingerprint density at radius 3 is 2.12 bits per heavy atom. The minimum absolute atomic E-state index is 0.190. The van der Waals surface area contributed by atoms with Gasteiger partial charge in [-0.1, -0.05) is 29.8 Å². The molecule has 2 aromatic carbocycles. The number of methoxy groups -OCH3 is 3. The summed E-state index contributed by atoms with van der Waals surface area (Å²) in [7, 11) is 4.22. The van der Waals surface area contributed by atoms with E-state index in [1.807, 2.05) is 31.2 Å². The smallest absolute Gasteiger partial charge is 0.340 e. The Balaban J connectivity index is 2.28. The molecule has 2 aromatic rings. The minimum atomic E-state index is -0.577. The molecule has 0 aliphatic heterocycles. The zero-order valence-electron chi connectivity index (χ0n) is 14.7. The molecule has 25 heavy (non-hydrogen) atoms. The van der Waals surface area contributed by atoms with Crippen molar-refractivity contribution in [1.29, 1.82) is 0 Å². The average molecular weight is 343 g/mol. The Morgan fingerprint density at radius 1 is 0.960 bits per heavy atom. The van der Waals surface area contributed by atoms with Crippen LogP contribution in [-0.2, 0) is 16.0 Å². The second-order valence-corrected chi connectivity index (χ2v) is 5.45. The van der Waals surface area contributed by atoms with Crippen LogP contribution in [0.15, 0.2) is 36.4 Å². The largest absolute Gasteiger partial charge is 0.493 e. The van der Waals surface area contributed by atoms with E-state index >= 15 is 0 Å². The van der Waals surface area contributed by atoms with E-state index in [2.05, 4.69) is 5.32 Å². The van der Waals surface area contributed by atoms with Crippen LogP contribution < -0.4 is 14.8 Å². The van der Waals surface area contributed by atoms with E-state index in [0.717, 1.165) is 11.1 Å². The Morgan fingerprint density at radius 2 is 1.56 bits per heavy atom. The van der Waals surface area contributed by atoms with Crippen molar-refractivity contribution in [3.8, 4) is 11.5 Å². The molecule has 0 aliphatic carbocycles. The average Bonchev–Trinajstić information content (AvgIpc) is 2.62. The number of nitrogens with one attached hydrogen (secondary N) is 1. The van der Waals surface area contributed by atoms with Crippen LogP contribution in [0, 0.1) is 6.92 Å². The standard InChI is InChI=1S/C19H21NO5/c1-12-5-7-13(8-6-12)9-18(21)20-15-11-17(24-3)16(23-2)10-14(15)19(22)25-4/h5-8,10-11H,9H2,1-4H3,(H,20,21). The van der Waals surface area contributed by atoms with Gasteiger partial charge in [-0.2, -0.15) is 0 Å². The number of ether oxygens (including phenoxy) is 3. The van der Waals surface area contributed by atoms with Crippen molar-refractivity contribution < 1.29 is 23.8 Å². The summed E-state index contributed by atoms with van der Waals surface area (Å²) in [6.45, 7) is 1.98. The summed E-state index contributed by atoms with van der Waals surface area (Å²) in [5.41, 5.74) is 2.50. The van der Waals surface area contributed by atoms with Crippen molar-refractivity contribution in [2.75, 3.05) is 26.6 Å². The number of carbonyl (C=O) groups is 2. The third-order valence-electron chi connectivity index (χ3n) is 3.69. The van der Waals surface area contributed by atoms with Gasteiger partial charge >= 0.3 is 5.97 Å². The Hall–Kier alpha value is -3.02. The second kappa shape index (κ2) is 8.19. The van der Waals surface area contributed by atoms with Gasteiger partial charge in [0.05, 0.1) is 39.0 Å². The van der Waals surface area contributed by atoms with Gasteiger partial charge in [0.25, 0.3) is 0 Å². The van der Waals surface area contributed by atoms with Gasteiger partial charge in [0, 0.05) is 12.1 Å². The highest BCUT2D eigenvalue weighted by molar-refractivity contribution is 6.02. The lowest BCUT2D eigenvalue weighted by Crippen LogP contribution is -2.17. The highest BCUT2D eigenvalue weighted by Crippen LogP contribution is 2.33. The fraction of sp³-hybridized carbons (Fsp3) is 0.263. The van der Waals surface area contributed by atoms with Crippen molar-refractivity contribution in [2.45, 2.75) is 13.3 Å². The molecule has 0 heterocycles. The molecule has 0 saturated heterocycles. The molecule has 0 aromatic heterocycles. The minimum Gasteiger partial charge on any atom is -0.493 e. The number of anilines is 1. The molecule has 6 nitrogen and oxygen atoms in total. The van der Waals surface area contributed by atoms with Gasteiger partial charge in [0.15, 0.2) is 11.5 Å². The summed E-state index contributed by atoms with van der Waals surface area (Å²) >= 11 is 0. The van der Waals surface area contributed by atoms with Gasteiger partial charge in [-0.3, -0.25) is 4.79 Å². The van der Waals surface area contributed by atoms with E-state index < -0.39 is 5.97 Å². The maximum atomic E-state index is 12.3. The SMILES string of the molecule is COC(=O)c1cc(OC)c(OC)cc1NC(=O)Cc1ccc(C)cc1. The Kier molecular flexibility index (Phi) is 6.00. The van der Waals surface area contributed by atoms with Crippen molar-refractivity contribution in [1.82, 2.24) is 0 Å². The summed E-state index contributed by atoms with van der Waals surface area (Å²) in [6, 6.07) is 10.7.